The van der Waals surface area contributed by atoms with Crippen LogP contribution in [0.5, 0.6) is 0 Å². The molecule has 2 heterocycles. The molecule has 3 rings (SSSR count). The smallest absolute Gasteiger partial charge is 0.322 e. The Labute approximate surface area is 149 Å². The molecule has 2 amide bonds. The topological polar surface area (TPSA) is 79.4 Å². The van der Waals surface area contributed by atoms with E-state index in [1.807, 2.05) is 0 Å². The molecule has 0 spiro atoms. The average Bonchev–Trinajstić information content (AvgIpc) is 3.08. The second-order valence-corrected chi connectivity index (χ2v) is 8.89. The highest BCUT2D eigenvalue weighted by atomic mass is 32.2. The molecule has 1 aliphatic rings. The second kappa shape index (κ2) is 7.49. The average molecular weight is 383 g/mol. The van der Waals surface area contributed by atoms with Crippen molar-refractivity contribution in [1.29, 1.82) is 0 Å². The highest BCUT2D eigenvalue weighted by Gasteiger charge is 2.27. The summed E-state index contributed by atoms with van der Waals surface area (Å²) in [6.45, 7) is 0.988. The molecule has 1 saturated heterocycles. The van der Waals surface area contributed by atoms with E-state index in [1.54, 1.807) is 16.6 Å². The zero-order valence-corrected chi connectivity index (χ0v) is 15.0. The summed E-state index contributed by atoms with van der Waals surface area (Å²) in [4.78, 5) is 17.7. The van der Waals surface area contributed by atoms with E-state index in [4.69, 9.17) is 0 Å². The van der Waals surface area contributed by atoms with Crippen molar-refractivity contribution < 1.29 is 17.6 Å². The highest BCUT2D eigenvalue weighted by Crippen LogP contribution is 2.24. The third-order valence-corrected chi connectivity index (χ3v) is 6.75. The van der Waals surface area contributed by atoms with Crippen LogP contribution in [-0.2, 0) is 9.84 Å². The number of nitrogens with one attached hydrogen (secondary N) is 1. The van der Waals surface area contributed by atoms with E-state index < -0.39 is 15.7 Å². The molecule has 1 aliphatic heterocycles. The van der Waals surface area contributed by atoms with Crippen molar-refractivity contribution in [2.75, 3.05) is 24.2 Å². The Hall–Kier alpha value is -2.00. The number of nitrogens with zero attached hydrogens (tertiary/aromatic N) is 2. The Morgan fingerprint density at radius 1 is 1.36 bits per heavy atom. The fraction of sp³-hybridized carbons (Fsp3) is 0.375. The number of likely N-dealkylation sites (tertiary alicyclic amines) is 1. The van der Waals surface area contributed by atoms with Crippen LogP contribution in [0.3, 0.4) is 0 Å². The summed E-state index contributed by atoms with van der Waals surface area (Å²) in [7, 11) is -3.53. The number of benzene rings is 1. The van der Waals surface area contributed by atoms with Crippen LogP contribution in [0, 0.1) is 11.7 Å². The van der Waals surface area contributed by atoms with Gasteiger partial charge in [-0.2, -0.15) is 0 Å². The van der Waals surface area contributed by atoms with Crippen LogP contribution < -0.4 is 5.32 Å². The first-order valence-corrected chi connectivity index (χ1v) is 10.4. The maximum Gasteiger partial charge on any atom is 0.322 e. The predicted molar refractivity (Wildman–Crippen MR) is 93.9 cm³/mol. The zero-order chi connectivity index (χ0) is 17.9. The van der Waals surface area contributed by atoms with Crippen molar-refractivity contribution in [2.45, 2.75) is 17.7 Å². The normalized spacial score (nSPS) is 16.0. The van der Waals surface area contributed by atoms with E-state index in [-0.39, 0.29) is 22.6 Å². The number of anilines is 1. The molecule has 25 heavy (non-hydrogen) atoms. The monoisotopic (exact) mass is 383 g/mol. The van der Waals surface area contributed by atoms with Crippen LogP contribution in [0.1, 0.15) is 12.8 Å². The van der Waals surface area contributed by atoms with Gasteiger partial charge in [0.05, 0.1) is 22.4 Å². The Morgan fingerprint density at radius 2 is 2.12 bits per heavy atom. The zero-order valence-electron chi connectivity index (χ0n) is 13.4. The molecule has 1 N–H and O–H groups in total. The van der Waals surface area contributed by atoms with E-state index in [9.17, 15) is 17.6 Å². The van der Waals surface area contributed by atoms with Gasteiger partial charge in [0.1, 0.15) is 10.8 Å². The van der Waals surface area contributed by atoms with Gasteiger partial charge < -0.3 is 4.90 Å². The Bertz CT molecular complexity index is 832. The maximum absolute atomic E-state index is 13.3. The first kappa shape index (κ1) is 17.8. The molecule has 0 aliphatic carbocycles. The van der Waals surface area contributed by atoms with Crippen LogP contribution in [0.2, 0.25) is 0 Å². The fourth-order valence-corrected chi connectivity index (χ4v) is 5.06. The van der Waals surface area contributed by atoms with Gasteiger partial charge in [0.2, 0.25) is 0 Å². The van der Waals surface area contributed by atoms with Gasteiger partial charge in [0.15, 0.2) is 9.84 Å². The van der Waals surface area contributed by atoms with Crippen molar-refractivity contribution in [2.24, 2.45) is 5.92 Å². The van der Waals surface area contributed by atoms with Gasteiger partial charge in [-0.25, -0.2) is 17.6 Å². The van der Waals surface area contributed by atoms with Crippen LogP contribution in [-0.4, -0.2) is 43.2 Å². The summed E-state index contributed by atoms with van der Waals surface area (Å²) in [5.41, 5.74) is 1.64. The van der Waals surface area contributed by atoms with Gasteiger partial charge in [-0.1, -0.05) is 6.07 Å². The number of halogens is 1. The number of hydrogen-bond donors (Lipinski definition) is 1. The summed E-state index contributed by atoms with van der Waals surface area (Å²) < 4.78 is 38.1. The number of aromatic nitrogens is 1. The number of sulfone groups is 1. The van der Waals surface area contributed by atoms with Crippen LogP contribution in [0.25, 0.3) is 0 Å². The molecule has 6 nitrogen and oxygen atoms in total. The molecule has 134 valence electrons. The Balaban J connectivity index is 1.54. The van der Waals surface area contributed by atoms with E-state index in [1.165, 1.54) is 29.5 Å². The number of hydrogen-bond acceptors (Lipinski definition) is 5. The number of urea groups is 1. The molecule has 1 aromatic carbocycles. The van der Waals surface area contributed by atoms with E-state index >= 15 is 0 Å². The highest BCUT2D eigenvalue weighted by molar-refractivity contribution is 7.91. The standard InChI is InChI=1S/C16H18FN3O3S2/c17-13-2-1-3-14(8-13)25(22,23)10-12-4-6-20(7-5-12)16(21)19-15-9-18-11-24-15/h1-3,8-9,11-12H,4-7,10H2,(H,19,21). The van der Waals surface area contributed by atoms with Gasteiger partial charge in [-0.15, -0.1) is 11.3 Å². The van der Waals surface area contributed by atoms with E-state index in [0.717, 1.165) is 6.07 Å². The van der Waals surface area contributed by atoms with Crippen molar-refractivity contribution in [3.63, 3.8) is 0 Å². The number of rotatable bonds is 4. The molecule has 1 fully saturated rings. The molecule has 0 saturated carbocycles. The quantitative estimate of drug-likeness (QED) is 0.880. The van der Waals surface area contributed by atoms with E-state index in [2.05, 4.69) is 10.3 Å². The number of thiazole rings is 1. The molecule has 0 atom stereocenters. The SMILES string of the molecule is O=C(Nc1cncs1)N1CCC(CS(=O)(=O)c2cccc(F)c2)CC1. The fourth-order valence-electron chi connectivity index (χ4n) is 2.83. The maximum atomic E-state index is 13.3. The van der Waals surface area contributed by atoms with Gasteiger partial charge in [0.25, 0.3) is 0 Å². The summed E-state index contributed by atoms with van der Waals surface area (Å²) in [6.07, 6.45) is 2.79. The third-order valence-electron chi connectivity index (χ3n) is 4.17. The lowest BCUT2D eigenvalue weighted by Crippen LogP contribution is -2.42. The summed E-state index contributed by atoms with van der Waals surface area (Å²) in [6, 6.07) is 4.88. The predicted octanol–water partition coefficient (Wildman–Crippen LogP) is 3.00. The Morgan fingerprint density at radius 3 is 2.76 bits per heavy atom. The molecule has 2 aromatic rings. The molecular weight excluding hydrogens is 365 g/mol. The lowest BCUT2D eigenvalue weighted by molar-refractivity contribution is 0.187. The molecule has 0 bridgehead atoms. The van der Waals surface area contributed by atoms with Gasteiger partial charge in [-0.3, -0.25) is 10.3 Å². The largest absolute Gasteiger partial charge is 0.324 e. The summed E-state index contributed by atoms with van der Waals surface area (Å²) >= 11 is 1.34. The van der Waals surface area contributed by atoms with Gasteiger partial charge in [-0.05, 0) is 37.0 Å². The Kier molecular flexibility index (Phi) is 5.33. The van der Waals surface area contributed by atoms with Crippen molar-refractivity contribution in [1.82, 2.24) is 9.88 Å². The molecule has 0 radical (unpaired) electrons. The molecule has 1 aromatic heterocycles. The first-order valence-electron chi connectivity index (χ1n) is 7.87. The summed E-state index contributed by atoms with van der Waals surface area (Å²) in [5, 5.41) is 3.45. The lowest BCUT2D eigenvalue weighted by Gasteiger charge is -2.31. The third kappa shape index (κ3) is 4.55. The lowest BCUT2D eigenvalue weighted by atomic mass is 9.99. The molecular formula is C16H18FN3O3S2. The van der Waals surface area contributed by atoms with Crippen molar-refractivity contribution in [3.05, 3.63) is 41.8 Å². The van der Waals surface area contributed by atoms with Crippen molar-refractivity contribution in [3.8, 4) is 0 Å². The number of carbonyl (C=O) groups excluding carboxylic acids is 1. The minimum Gasteiger partial charge on any atom is -0.324 e. The van der Waals surface area contributed by atoms with Crippen LogP contribution >= 0.6 is 11.3 Å². The number of carbonyl (C=O) groups is 1. The molecule has 0 unspecified atom stereocenters. The van der Waals surface area contributed by atoms with Gasteiger partial charge >= 0.3 is 6.03 Å². The first-order chi connectivity index (χ1) is 11.9. The molecule has 9 heteroatoms. The summed E-state index contributed by atoms with van der Waals surface area (Å²) in [5.74, 6) is -0.628. The van der Waals surface area contributed by atoms with E-state index in [0.29, 0.717) is 30.9 Å². The second-order valence-electron chi connectivity index (χ2n) is 5.97. The van der Waals surface area contributed by atoms with Crippen molar-refractivity contribution >= 4 is 32.2 Å². The number of piperidine rings is 1. The number of amides is 2. The van der Waals surface area contributed by atoms with Crippen LogP contribution in [0.15, 0.2) is 40.9 Å². The minimum atomic E-state index is -3.53. The van der Waals surface area contributed by atoms with Gasteiger partial charge in [0, 0.05) is 13.1 Å². The minimum absolute atomic E-state index is 0.0119. The van der Waals surface area contributed by atoms with Crippen LogP contribution in [0.4, 0.5) is 14.2 Å².